The predicted octanol–water partition coefficient (Wildman–Crippen LogP) is 2.95. The average Bonchev–Trinajstić information content (AvgIpc) is 2.14. The van der Waals surface area contributed by atoms with Crippen LogP contribution in [0.25, 0.3) is 6.08 Å². The molecule has 0 atom stereocenters. The summed E-state index contributed by atoms with van der Waals surface area (Å²) < 4.78 is 36.3. The Labute approximate surface area is 83.0 Å². The number of halogens is 3. The zero-order chi connectivity index (χ0) is 11.5. The van der Waals surface area contributed by atoms with Gasteiger partial charge in [-0.15, -0.1) is 0 Å². The lowest BCUT2D eigenvalue weighted by Crippen LogP contribution is -2.03. The summed E-state index contributed by atoms with van der Waals surface area (Å²) in [5.74, 6) is 0. The molecule has 0 aromatic heterocycles. The van der Waals surface area contributed by atoms with E-state index in [-0.39, 0.29) is 0 Å². The van der Waals surface area contributed by atoms with Crippen LogP contribution in [0.15, 0.2) is 30.5 Å². The Morgan fingerprint density at radius 1 is 1.20 bits per heavy atom. The lowest BCUT2D eigenvalue weighted by molar-refractivity contribution is -0.400. The second-order valence-electron chi connectivity index (χ2n) is 2.72. The van der Waals surface area contributed by atoms with Gasteiger partial charge in [0.15, 0.2) is 0 Å². The largest absolute Gasteiger partial charge is 0.416 e. The Hall–Kier alpha value is -1.85. The van der Waals surface area contributed by atoms with E-state index in [0.717, 1.165) is 18.2 Å². The highest BCUT2D eigenvalue weighted by molar-refractivity contribution is 5.48. The molecule has 0 saturated heterocycles. The fourth-order valence-electron chi connectivity index (χ4n) is 0.930. The lowest BCUT2D eigenvalue weighted by Gasteiger charge is -2.05. The van der Waals surface area contributed by atoms with E-state index in [4.69, 9.17) is 0 Å². The molecule has 0 aliphatic carbocycles. The molecule has 6 heteroatoms. The second kappa shape index (κ2) is 4.12. The first kappa shape index (κ1) is 11.2. The van der Waals surface area contributed by atoms with Gasteiger partial charge in [0.2, 0.25) is 6.20 Å². The number of benzene rings is 1. The highest BCUT2D eigenvalue weighted by Gasteiger charge is 2.29. The molecule has 0 aliphatic rings. The molecular formula is C9H6F3NO2. The Morgan fingerprint density at radius 3 is 2.13 bits per heavy atom. The SMILES string of the molecule is O=[N+]([O-])/C=C\c1ccc(C(F)(F)F)cc1. The van der Waals surface area contributed by atoms with Gasteiger partial charge in [0.05, 0.1) is 10.5 Å². The van der Waals surface area contributed by atoms with Crippen molar-refractivity contribution in [2.75, 3.05) is 0 Å². The minimum Gasteiger partial charge on any atom is -0.259 e. The second-order valence-corrected chi connectivity index (χ2v) is 2.72. The van der Waals surface area contributed by atoms with Gasteiger partial charge in [-0.3, -0.25) is 10.1 Å². The maximum absolute atomic E-state index is 12.1. The third-order valence-electron chi connectivity index (χ3n) is 1.63. The minimum absolute atomic E-state index is 0.347. The van der Waals surface area contributed by atoms with E-state index in [1.54, 1.807) is 0 Å². The molecule has 0 unspecified atom stereocenters. The van der Waals surface area contributed by atoms with Gasteiger partial charge in [-0.2, -0.15) is 13.2 Å². The summed E-state index contributed by atoms with van der Waals surface area (Å²) in [7, 11) is 0. The molecule has 0 amide bonds. The lowest BCUT2D eigenvalue weighted by atomic mass is 10.1. The van der Waals surface area contributed by atoms with Crippen LogP contribution in [0.4, 0.5) is 13.2 Å². The van der Waals surface area contributed by atoms with Crippen molar-refractivity contribution in [3.8, 4) is 0 Å². The van der Waals surface area contributed by atoms with Crippen LogP contribution >= 0.6 is 0 Å². The van der Waals surface area contributed by atoms with Crippen molar-refractivity contribution in [3.63, 3.8) is 0 Å². The molecular weight excluding hydrogens is 211 g/mol. The summed E-state index contributed by atoms with van der Waals surface area (Å²) in [6, 6.07) is 4.09. The fourth-order valence-corrected chi connectivity index (χ4v) is 0.930. The molecule has 0 radical (unpaired) electrons. The van der Waals surface area contributed by atoms with Gasteiger partial charge in [-0.25, -0.2) is 0 Å². The number of hydrogen-bond acceptors (Lipinski definition) is 2. The van der Waals surface area contributed by atoms with Gasteiger partial charge >= 0.3 is 6.18 Å². The molecule has 15 heavy (non-hydrogen) atoms. The van der Waals surface area contributed by atoms with Crippen molar-refractivity contribution in [2.24, 2.45) is 0 Å². The van der Waals surface area contributed by atoms with Crippen LogP contribution in [0.3, 0.4) is 0 Å². The number of alkyl halides is 3. The van der Waals surface area contributed by atoms with E-state index in [0.29, 0.717) is 11.8 Å². The molecule has 0 heterocycles. The third-order valence-corrected chi connectivity index (χ3v) is 1.63. The Morgan fingerprint density at radius 2 is 1.73 bits per heavy atom. The number of hydrogen-bond donors (Lipinski definition) is 0. The van der Waals surface area contributed by atoms with Crippen molar-refractivity contribution in [1.82, 2.24) is 0 Å². The predicted molar refractivity (Wildman–Crippen MR) is 47.5 cm³/mol. The molecule has 1 rings (SSSR count). The van der Waals surface area contributed by atoms with Gasteiger partial charge in [0.1, 0.15) is 0 Å². The number of nitro groups is 1. The number of nitrogens with zero attached hydrogens (tertiary/aromatic N) is 1. The van der Waals surface area contributed by atoms with Gasteiger partial charge in [0.25, 0.3) is 0 Å². The minimum atomic E-state index is -4.38. The fraction of sp³-hybridized carbons (Fsp3) is 0.111. The molecule has 1 aromatic carbocycles. The van der Waals surface area contributed by atoms with Gasteiger partial charge < -0.3 is 0 Å². The van der Waals surface area contributed by atoms with Crippen molar-refractivity contribution in [2.45, 2.75) is 6.18 Å². The highest BCUT2D eigenvalue weighted by atomic mass is 19.4. The molecule has 0 N–H and O–H groups in total. The van der Waals surface area contributed by atoms with Crippen molar-refractivity contribution < 1.29 is 18.1 Å². The van der Waals surface area contributed by atoms with Crippen LogP contribution < -0.4 is 0 Å². The maximum atomic E-state index is 12.1. The van der Waals surface area contributed by atoms with Crippen LogP contribution in [-0.4, -0.2) is 4.92 Å². The number of rotatable bonds is 2. The van der Waals surface area contributed by atoms with E-state index in [9.17, 15) is 23.3 Å². The molecule has 1 aromatic rings. The summed E-state index contributed by atoms with van der Waals surface area (Å²) in [4.78, 5) is 9.25. The Kier molecular flexibility index (Phi) is 3.08. The van der Waals surface area contributed by atoms with Crippen LogP contribution in [0.2, 0.25) is 0 Å². The van der Waals surface area contributed by atoms with E-state index < -0.39 is 16.7 Å². The van der Waals surface area contributed by atoms with E-state index >= 15 is 0 Å². The molecule has 0 bridgehead atoms. The quantitative estimate of drug-likeness (QED) is 0.564. The molecule has 0 spiro atoms. The average molecular weight is 217 g/mol. The van der Waals surface area contributed by atoms with Gasteiger partial charge in [0, 0.05) is 6.08 Å². The van der Waals surface area contributed by atoms with E-state index in [1.807, 2.05) is 0 Å². The summed E-state index contributed by atoms with van der Waals surface area (Å²) in [6.45, 7) is 0. The smallest absolute Gasteiger partial charge is 0.259 e. The van der Waals surface area contributed by atoms with Crippen LogP contribution in [0.5, 0.6) is 0 Å². The first-order valence-electron chi connectivity index (χ1n) is 3.88. The zero-order valence-electron chi connectivity index (χ0n) is 7.36. The Balaban J connectivity index is 2.86. The summed E-state index contributed by atoms with van der Waals surface area (Å²) in [6.07, 6.45) is -2.59. The highest BCUT2D eigenvalue weighted by Crippen LogP contribution is 2.29. The standard InChI is InChI=1S/C9H6F3NO2/c10-9(11,12)8-3-1-7(2-4-8)5-6-13(14)15/h1-6H/b6-5-. The van der Waals surface area contributed by atoms with Crippen molar-refractivity contribution in [3.05, 3.63) is 51.7 Å². The normalized spacial score (nSPS) is 11.9. The van der Waals surface area contributed by atoms with Gasteiger partial charge in [-0.1, -0.05) is 12.1 Å². The summed E-state index contributed by atoms with van der Waals surface area (Å²) >= 11 is 0. The topological polar surface area (TPSA) is 43.1 Å². The molecule has 80 valence electrons. The molecule has 3 nitrogen and oxygen atoms in total. The Bertz CT molecular complexity index is 381. The first-order valence-corrected chi connectivity index (χ1v) is 3.88. The molecule has 0 fully saturated rings. The van der Waals surface area contributed by atoms with Crippen molar-refractivity contribution in [1.29, 1.82) is 0 Å². The van der Waals surface area contributed by atoms with Crippen molar-refractivity contribution >= 4 is 6.08 Å². The zero-order valence-corrected chi connectivity index (χ0v) is 7.36. The van der Waals surface area contributed by atoms with Crippen LogP contribution in [0, 0.1) is 10.1 Å². The first-order chi connectivity index (χ1) is 6.89. The molecule has 0 saturated carbocycles. The summed E-state index contributed by atoms with van der Waals surface area (Å²) in [5.41, 5.74) is -0.430. The van der Waals surface area contributed by atoms with Gasteiger partial charge in [-0.05, 0) is 17.7 Å². The van der Waals surface area contributed by atoms with Crippen LogP contribution in [0.1, 0.15) is 11.1 Å². The van der Waals surface area contributed by atoms with Crippen LogP contribution in [-0.2, 0) is 6.18 Å². The molecule has 0 aliphatic heterocycles. The maximum Gasteiger partial charge on any atom is 0.416 e. The van der Waals surface area contributed by atoms with E-state index in [2.05, 4.69) is 0 Å². The van der Waals surface area contributed by atoms with E-state index in [1.165, 1.54) is 12.1 Å². The third kappa shape index (κ3) is 3.41. The summed E-state index contributed by atoms with van der Waals surface area (Å²) in [5, 5.41) is 9.94. The monoisotopic (exact) mass is 217 g/mol.